The summed E-state index contributed by atoms with van der Waals surface area (Å²) in [5.74, 6) is 0. The van der Waals surface area contributed by atoms with Gasteiger partial charge in [0.25, 0.3) is 10.2 Å². The molecule has 0 amide bonds. The number of nitrogens with zero attached hydrogens (tertiary/aromatic N) is 1. The van der Waals surface area contributed by atoms with Gasteiger partial charge in [-0.25, -0.2) is 4.72 Å². The van der Waals surface area contributed by atoms with Crippen molar-refractivity contribution in [2.75, 3.05) is 27.2 Å². The van der Waals surface area contributed by atoms with Gasteiger partial charge in [0.05, 0.1) is 6.10 Å². The second-order valence-electron chi connectivity index (χ2n) is 3.45. The topological polar surface area (TPSA) is 58.6 Å². The maximum atomic E-state index is 11.2. The van der Waals surface area contributed by atoms with Crippen molar-refractivity contribution in [3.8, 4) is 0 Å². The van der Waals surface area contributed by atoms with Crippen molar-refractivity contribution in [3.63, 3.8) is 0 Å². The second kappa shape index (κ2) is 6.34. The molecule has 5 nitrogen and oxygen atoms in total. The van der Waals surface area contributed by atoms with Crippen LogP contribution in [0.25, 0.3) is 0 Å². The van der Waals surface area contributed by atoms with E-state index in [4.69, 9.17) is 4.74 Å². The zero-order valence-corrected chi connectivity index (χ0v) is 10.1. The van der Waals surface area contributed by atoms with Crippen molar-refractivity contribution in [2.24, 2.45) is 0 Å². The molecule has 0 saturated heterocycles. The van der Waals surface area contributed by atoms with Gasteiger partial charge in [-0.2, -0.15) is 12.7 Å². The molecular weight excluding hydrogens is 204 g/mol. The van der Waals surface area contributed by atoms with Gasteiger partial charge < -0.3 is 4.74 Å². The average molecular weight is 224 g/mol. The van der Waals surface area contributed by atoms with E-state index in [2.05, 4.69) is 4.72 Å². The zero-order chi connectivity index (χ0) is 11.2. The molecule has 14 heavy (non-hydrogen) atoms. The minimum atomic E-state index is -3.27. The molecule has 0 bridgehead atoms. The fourth-order valence-electron chi connectivity index (χ4n) is 0.721. The van der Waals surface area contributed by atoms with E-state index in [1.165, 1.54) is 14.1 Å². The van der Waals surface area contributed by atoms with E-state index < -0.39 is 10.2 Å². The molecule has 0 aliphatic heterocycles. The third-order valence-electron chi connectivity index (χ3n) is 1.54. The number of rotatable bonds is 7. The van der Waals surface area contributed by atoms with Gasteiger partial charge in [0.1, 0.15) is 0 Å². The summed E-state index contributed by atoms with van der Waals surface area (Å²) < 4.78 is 31.3. The van der Waals surface area contributed by atoms with Crippen molar-refractivity contribution < 1.29 is 13.2 Å². The lowest BCUT2D eigenvalue weighted by Gasteiger charge is -2.12. The van der Waals surface area contributed by atoms with Gasteiger partial charge in [-0.3, -0.25) is 0 Å². The predicted octanol–water partition coefficient (Wildman–Crippen LogP) is 0.198. The number of ether oxygens (including phenoxy) is 1. The first-order chi connectivity index (χ1) is 6.36. The lowest BCUT2D eigenvalue weighted by Crippen LogP contribution is -2.36. The van der Waals surface area contributed by atoms with Crippen LogP contribution in [0.3, 0.4) is 0 Å². The van der Waals surface area contributed by atoms with E-state index in [-0.39, 0.29) is 6.10 Å². The van der Waals surface area contributed by atoms with Gasteiger partial charge in [0.15, 0.2) is 0 Å². The Hall–Kier alpha value is -0.170. The lowest BCUT2D eigenvalue weighted by molar-refractivity contribution is 0.0777. The van der Waals surface area contributed by atoms with Crippen LogP contribution >= 0.6 is 0 Å². The normalized spacial score (nSPS) is 12.7. The van der Waals surface area contributed by atoms with E-state index in [1.807, 2.05) is 13.8 Å². The van der Waals surface area contributed by atoms with E-state index >= 15 is 0 Å². The molecule has 0 aromatic carbocycles. The second-order valence-corrected chi connectivity index (χ2v) is 5.42. The Morgan fingerprint density at radius 3 is 2.36 bits per heavy atom. The van der Waals surface area contributed by atoms with Crippen LogP contribution in [0.2, 0.25) is 0 Å². The number of nitrogens with one attached hydrogen (secondary N) is 1. The first-order valence-corrected chi connectivity index (χ1v) is 6.09. The van der Waals surface area contributed by atoms with Crippen LogP contribution in [0.15, 0.2) is 0 Å². The molecule has 0 unspecified atom stereocenters. The third kappa shape index (κ3) is 6.31. The summed E-state index contributed by atoms with van der Waals surface area (Å²) in [5.41, 5.74) is 0. The quantitative estimate of drug-likeness (QED) is 0.628. The summed E-state index contributed by atoms with van der Waals surface area (Å²) in [6, 6.07) is 0. The Bertz CT molecular complexity index is 237. The van der Waals surface area contributed by atoms with Crippen LogP contribution in [0.4, 0.5) is 0 Å². The van der Waals surface area contributed by atoms with E-state index in [9.17, 15) is 8.42 Å². The fourth-order valence-corrected chi connectivity index (χ4v) is 1.38. The summed E-state index contributed by atoms with van der Waals surface area (Å²) in [6.07, 6.45) is 0.881. The van der Waals surface area contributed by atoms with E-state index in [0.29, 0.717) is 19.6 Å². The van der Waals surface area contributed by atoms with Gasteiger partial charge in [-0.15, -0.1) is 0 Å². The van der Waals surface area contributed by atoms with Crippen LogP contribution in [0.1, 0.15) is 20.3 Å². The van der Waals surface area contributed by atoms with Gasteiger partial charge in [0.2, 0.25) is 0 Å². The van der Waals surface area contributed by atoms with Crippen molar-refractivity contribution in [2.45, 2.75) is 26.4 Å². The number of hydrogen-bond donors (Lipinski definition) is 1. The highest BCUT2D eigenvalue weighted by atomic mass is 32.2. The van der Waals surface area contributed by atoms with E-state index in [1.54, 1.807) is 0 Å². The molecule has 0 saturated carbocycles. The lowest BCUT2D eigenvalue weighted by atomic mass is 10.4. The fraction of sp³-hybridized carbons (Fsp3) is 1.00. The number of hydrogen-bond acceptors (Lipinski definition) is 3. The Morgan fingerprint density at radius 2 is 1.93 bits per heavy atom. The maximum absolute atomic E-state index is 11.2. The standard InChI is InChI=1S/C8H20N2O3S/c1-8(2)13-7-5-6-9-14(11,12)10(3)4/h8-9H,5-7H2,1-4H3. The van der Waals surface area contributed by atoms with Crippen molar-refractivity contribution in [1.82, 2.24) is 9.03 Å². The van der Waals surface area contributed by atoms with Crippen LogP contribution in [-0.2, 0) is 14.9 Å². The molecule has 0 radical (unpaired) electrons. The van der Waals surface area contributed by atoms with Crippen LogP contribution < -0.4 is 4.72 Å². The molecule has 0 aliphatic carbocycles. The van der Waals surface area contributed by atoms with Gasteiger partial charge in [-0.05, 0) is 20.3 Å². The first kappa shape index (κ1) is 13.8. The van der Waals surface area contributed by atoms with Crippen molar-refractivity contribution in [3.05, 3.63) is 0 Å². The maximum Gasteiger partial charge on any atom is 0.278 e. The largest absolute Gasteiger partial charge is 0.379 e. The third-order valence-corrected chi connectivity index (χ3v) is 3.07. The highest BCUT2D eigenvalue weighted by molar-refractivity contribution is 7.87. The van der Waals surface area contributed by atoms with Crippen molar-refractivity contribution in [1.29, 1.82) is 0 Å². The highest BCUT2D eigenvalue weighted by Gasteiger charge is 2.10. The monoisotopic (exact) mass is 224 g/mol. The van der Waals surface area contributed by atoms with Gasteiger partial charge in [-0.1, -0.05) is 0 Å². The molecule has 0 heterocycles. The van der Waals surface area contributed by atoms with Gasteiger partial charge >= 0.3 is 0 Å². The predicted molar refractivity (Wildman–Crippen MR) is 56.3 cm³/mol. The van der Waals surface area contributed by atoms with E-state index in [0.717, 1.165) is 4.31 Å². The van der Waals surface area contributed by atoms with Gasteiger partial charge in [0, 0.05) is 27.2 Å². The van der Waals surface area contributed by atoms with Crippen LogP contribution in [0, 0.1) is 0 Å². The highest BCUT2D eigenvalue weighted by Crippen LogP contribution is 1.91. The molecule has 0 spiro atoms. The van der Waals surface area contributed by atoms with Crippen LogP contribution in [-0.4, -0.2) is 46.1 Å². The molecular formula is C8H20N2O3S. The molecule has 0 fully saturated rings. The molecule has 86 valence electrons. The molecule has 0 rings (SSSR count). The summed E-state index contributed by atoms with van der Waals surface area (Å²) >= 11 is 0. The summed E-state index contributed by atoms with van der Waals surface area (Å²) in [5, 5.41) is 0. The SMILES string of the molecule is CC(C)OCCCNS(=O)(=O)N(C)C. The Morgan fingerprint density at radius 1 is 1.36 bits per heavy atom. The Kier molecular flexibility index (Phi) is 6.26. The average Bonchev–Trinajstić information content (AvgIpc) is 2.02. The zero-order valence-electron chi connectivity index (χ0n) is 9.28. The molecule has 0 atom stereocenters. The molecule has 0 aromatic rings. The first-order valence-electron chi connectivity index (χ1n) is 4.65. The smallest absolute Gasteiger partial charge is 0.278 e. The summed E-state index contributed by atoms with van der Waals surface area (Å²) in [4.78, 5) is 0. The summed E-state index contributed by atoms with van der Waals surface area (Å²) in [6.45, 7) is 4.88. The minimum absolute atomic E-state index is 0.195. The molecule has 0 aromatic heterocycles. The minimum Gasteiger partial charge on any atom is -0.379 e. The van der Waals surface area contributed by atoms with Crippen molar-refractivity contribution >= 4 is 10.2 Å². The molecule has 6 heteroatoms. The Balaban J connectivity index is 3.55. The van der Waals surface area contributed by atoms with Crippen LogP contribution in [0.5, 0.6) is 0 Å². The summed E-state index contributed by atoms with van der Waals surface area (Å²) in [7, 11) is -0.285. The molecule has 1 N–H and O–H groups in total. The molecule has 0 aliphatic rings. The Labute approximate surface area is 86.6 Å².